The van der Waals surface area contributed by atoms with Gasteiger partial charge in [-0.3, -0.25) is 14.6 Å². The van der Waals surface area contributed by atoms with E-state index < -0.39 is 22.8 Å². The van der Waals surface area contributed by atoms with E-state index >= 15 is 0 Å². The van der Waals surface area contributed by atoms with Crippen LogP contribution in [0.1, 0.15) is 21.5 Å². The maximum atomic E-state index is 13.5. The van der Waals surface area contributed by atoms with E-state index in [0.29, 0.717) is 25.1 Å². The number of hydrogen-bond acceptors (Lipinski definition) is 6. The Labute approximate surface area is 223 Å². The van der Waals surface area contributed by atoms with Crippen LogP contribution in [0, 0.1) is 5.82 Å². The highest BCUT2D eigenvalue weighted by Crippen LogP contribution is 2.26. The molecule has 12 nitrogen and oxygen atoms in total. The van der Waals surface area contributed by atoms with Gasteiger partial charge < -0.3 is 35.4 Å². The first-order valence-corrected chi connectivity index (χ1v) is 12.4. The number of aromatic hydroxyl groups is 1. The van der Waals surface area contributed by atoms with Crippen LogP contribution in [0.5, 0.6) is 5.75 Å². The number of hydrogen-bond donors (Lipinski definition) is 4. The number of halogens is 1. The number of benzene rings is 1. The van der Waals surface area contributed by atoms with Crippen molar-refractivity contribution < 1.29 is 23.9 Å². The van der Waals surface area contributed by atoms with Gasteiger partial charge in [0.1, 0.15) is 16.9 Å². The molecule has 1 aromatic carbocycles. The lowest BCUT2D eigenvalue weighted by Gasteiger charge is -2.17. The first-order chi connectivity index (χ1) is 18.7. The normalized spacial score (nSPS) is 12.9. The van der Waals surface area contributed by atoms with E-state index in [1.165, 1.54) is 32.7 Å². The molecule has 0 spiro atoms. The van der Waals surface area contributed by atoms with E-state index in [4.69, 9.17) is 0 Å². The predicted octanol–water partition coefficient (Wildman–Crippen LogP) is 0.858. The number of pyridine rings is 2. The van der Waals surface area contributed by atoms with Crippen molar-refractivity contribution in [2.75, 3.05) is 46.8 Å². The van der Waals surface area contributed by atoms with Crippen LogP contribution in [-0.4, -0.2) is 89.2 Å². The second kappa shape index (κ2) is 11.8. The Hall–Kier alpha value is -4.68. The second-order valence-corrected chi connectivity index (χ2v) is 9.30. The van der Waals surface area contributed by atoms with Crippen LogP contribution >= 0.6 is 0 Å². The molecule has 0 radical (unpaired) electrons. The number of nitrogens with one attached hydrogen (secondary N) is 3. The number of urea groups is 2. The van der Waals surface area contributed by atoms with Gasteiger partial charge >= 0.3 is 12.1 Å². The van der Waals surface area contributed by atoms with Crippen molar-refractivity contribution in [1.82, 2.24) is 35.3 Å². The molecule has 4 rings (SSSR count). The maximum absolute atomic E-state index is 13.5. The summed E-state index contributed by atoms with van der Waals surface area (Å²) in [6, 6.07) is 7.06. The fraction of sp³-hybridized carbons (Fsp3) is 0.346. The smallest absolute Gasteiger partial charge is 0.317 e. The lowest BCUT2D eigenvalue weighted by molar-refractivity contribution is 0.0945. The summed E-state index contributed by atoms with van der Waals surface area (Å²) >= 11 is 0. The molecule has 3 heterocycles. The fourth-order valence-corrected chi connectivity index (χ4v) is 4.26. The molecule has 1 aliphatic heterocycles. The monoisotopic (exact) mass is 539 g/mol. The first kappa shape index (κ1) is 27.4. The van der Waals surface area contributed by atoms with Crippen molar-refractivity contribution in [1.29, 1.82) is 0 Å². The van der Waals surface area contributed by atoms with Crippen molar-refractivity contribution >= 4 is 29.0 Å². The molecule has 39 heavy (non-hydrogen) atoms. The summed E-state index contributed by atoms with van der Waals surface area (Å²) < 4.78 is 14.6. The van der Waals surface area contributed by atoms with E-state index in [-0.39, 0.29) is 55.1 Å². The Kier molecular flexibility index (Phi) is 8.27. The Balaban J connectivity index is 1.65. The fourth-order valence-electron chi connectivity index (χ4n) is 4.26. The van der Waals surface area contributed by atoms with Gasteiger partial charge in [0.05, 0.1) is 5.52 Å². The molecule has 1 aliphatic rings. The van der Waals surface area contributed by atoms with Crippen LogP contribution in [0.2, 0.25) is 0 Å². The molecule has 5 amide bonds. The van der Waals surface area contributed by atoms with Gasteiger partial charge in [-0.05, 0) is 35.7 Å². The van der Waals surface area contributed by atoms with Crippen LogP contribution < -0.4 is 21.5 Å². The molecule has 0 bridgehead atoms. The molecular formula is C26H30FN7O5. The number of fused-ring (bicyclic) bond motifs is 1. The number of carbonyl (C=O) groups is 3. The zero-order valence-electron chi connectivity index (χ0n) is 21.7. The van der Waals surface area contributed by atoms with Crippen LogP contribution in [-0.2, 0) is 13.0 Å². The summed E-state index contributed by atoms with van der Waals surface area (Å²) in [7, 11) is 3.16. The highest BCUT2D eigenvalue weighted by molar-refractivity contribution is 6.01. The summed E-state index contributed by atoms with van der Waals surface area (Å²) in [5, 5.41) is 18.9. The Bertz CT molecular complexity index is 1460. The predicted molar refractivity (Wildman–Crippen MR) is 141 cm³/mol. The van der Waals surface area contributed by atoms with Crippen LogP contribution in [0.3, 0.4) is 0 Å². The van der Waals surface area contributed by atoms with E-state index in [2.05, 4.69) is 20.9 Å². The third-order valence-corrected chi connectivity index (χ3v) is 6.31. The minimum Gasteiger partial charge on any atom is -0.505 e. The first-order valence-electron chi connectivity index (χ1n) is 12.4. The summed E-state index contributed by atoms with van der Waals surface area (Å²) in [6.07, 6.45) is 1.91. The second-order valence-electron chi connectivity index (χ2n) is 9.30. The van der Waals surface area contributed by atoms with Gasteiger partial charge in [-0.25, -0.2) is 14.0 Å². The molecule has 1 fully saturated rings. The average Bonchev–Trinajstić information content (AvgIpc) is 3.31. The van der Waals surface area contributed by atoms with E-state index in [1.807, 2.05) is 0 Å². The van der Waals surface area contributed by atoms with Gasteiger partial charge in [0.2, 0.25) is 0 Å². The standard InChI is InChI=1S/C26H30FN7O5/c1-32(2)25(38)29-9-12-34-19-14-17(13-16-3-5-18(27)6-4-16)15-31-21(19)22(35)20(24(34)37)23(36)28-7-10-33-11-8-30-26(33)39/h3-6,14-15,35H,7-13H2,1-2H3,(H,28,36)(H,29,38)(H,30,39). The van der Waals surface area contributed by atoms with Gasteiger partial charge in [0, 0.05) is 59.6 Å². The lowest BCUT2D eigenvalue weighted by Crippen LogP contribution is -2.40. The van der Waals surface area contributed by atoms with Crippen LogP contribution in [0.4, 0.5) is 14.0 Å². The number of amides is 5. The molecular weight excluding hydrogens is 509 g/mol. The Morgan fingerprint density at radius 2 is 1.82 bits per heavy atom. The zero-order valence-corrected chi connectivity index (χ0v) is 21.7. The Morgan fingerprint density at radius 3 is 2.49 bits per heavy atom. The van der Waals surface area contributed by atoms with Crippen LogP contribution in [0.15, 0.2) is 41.3 Å². The lowest BCUT2D eigenvalue weighted by atomic mass is 10.1. The average molecular weight is 540 g/mol. The minimum absolute atomic E-state index is 0.00506. The number of aromatic nitrogens is 2. The molecule has 0 aliphatic carbocycles. The van der Waals surface area contributed by atoms with Gasteiger partial charge in [0.15, 0.2) is 5.75 Å². The zero-order chi connectivity index (χ0) is 28.1. The Morgan fingerprint density at radius 1 is 1.10 bits per heavy atom. The molecule has 1 saturated heterocycles. The summed E-state index contributed by atoms with van der Waals surface area (Å²) in [5.74, 6) is -1.72. The van der Waals surface area contributed by atoms with Gasteiger partial charge in [-0.15, -0.1) is 0 Å². The van der Waals surface area contributed by atoms with Crippen molar-refractivity contribution in [3.8, 4) is 5.75 Å². The summed E-state index contributed by atoms with van der Waals surface area (Å²) in [4.78, 5) is 57.4. The quantitative estimate of drug-likeness (QED) is 0.317. The van der Waals surface area contributed by atoms with E-state index in [1.54, 1.807) is 32.3 Å². The van der Waals surface area contributed by atoms with Gasteiger partial charge in [-0.1, -0.05) is 12.1 Å². The molecule has 0 atom stereocenters. The van der Waals surface area contributed by atoms with Gasteiger partial charge in [0.25, 0.3) is 11.5 Å². The number of carbonyl (C=O) groups excluding carboxylic acids is 3. The van der Waals surface area contributed by atoms with Crippen molar-refractivity contribution in [3.63, 3.8) is 0 Å². The van der Waals surface area contributed by atoms with E-state index in [0.717, 1.165) is 5.56 Å². The third kappa shape index (κ3) is 6.25. The molecule has 13 heteroatoms. The minimum atomic E-state index is -0.803. The summed E-state index contributed by atoms with van der Waals surface area (Å²) in [6.45, 7) is 1.41. The molecule has 2 aromatic heterocycles. The highest BCUT2D eigenvalue weighted by Gasteiger charge is 2.24. The number of rotatable bonds is 9. The van der Waals surface area contributed by atoms with E-state index in [9.17, 15) is 28.7 Å². The molecule has 3 aromatic rings. The molecule has 4 N–H and O–H groups in total. The van der Waals surface area contributed by atoms with Gasteiger partial charge in [-0.2, -0.15) is 0 Å². The van der Waals surface area contributed by atoms with Crippen LogP contribution in [0.25, 0.3) is 11.0 Å². The van der Waals surface area contributed by atoms with Crippen molar-refractivity contribution in [2.45, 2.75) is 13.0 Å². The number of nitrogens with zero attached hydrogens (tertiary/aromatic N) is 4. The third-order valence-electron chi connectivity index (χ3n) is 6.31. The largest absolute Gasteiger partial charge is 0.505 e. The summed E-state index contributed by atoms with van der Waals surface area (Å²) in [5.41, 5.74) is 0.598. The molecule has 206 valence electrons. The molecule has 0 unspecified atom stereocenters. The highest BCUT2D eigenvalue weighted by atomic mass is 19.1. The molecule has 0 saturated carbocycles. The maximum Gasteiger partial charge on any atom is 0.317 e. The SMILES string of the molecule is CN(C)C(=O)NCCn1c(=O)c(C(=O)NCCN2CCNC2=O)c(O)c2ncc(Cc3ccc(F)cc3)cc21. The topological polar surface area (TPSA) is 149 Å². The van der Waals surface area contributed by atoms with Crippen molar-refractivity contribution in [2.24, 2.45) is 0 Å². The van der Waals surface area contributed by atoms with Crippen molar-refractivity contribution in [3.05, 3.63) is 69.4 Å².